The third kappa shape index (κ3) is 1.64. The molecule has 13 heavy (non-hydrogen) atoms. The second kappa shape index (κ2) is 3.47. The number of carboxylic acid groups (broad SMARTS) is 1. The van der Waals surface area contributed by atoms with Crippen molar-refractivity contribution in [3.63, 3.8) is 0 Å². The number of aromatic carboxylic acids is 1. The van der Waals surface area contributed by atoms with Crippen molar-refractivity contribution >= 4 is 11.7 Å². The number of carboxylic acids is 1. The lowest BCUT2D eigenvalue weighted by molar-refractivity contribution is 0.0696. The molecule has 0 unspecified atom stereocenters. The highest BCUT2D eigenvalue weighted by Crippen LogP contribution is 2.22. The molecule has 0 radical (unpaired) electrons. The van der Waals surface area contributed by atoms with Gasteiger partial charge in [0.15, 0.2) is 0 Å². The fourth-order valence-electron chi connectivity index (χ4n) is 1.46. The fraction of sp³-hybridized carbons (Fsp3) is 0.300. The predicted octanol–water partition coefficient (Wildman–Crippen LogP) is 2.04. The second-order valence-electron chi connectivity index (χ2n) is 2.99. The van der Waals surface area contributed by atoms with Crippen molar-refractivity contribution < 1.29 is 9.90 Å². The first-order chi connectivity index (χ1) is 6.07. The van der Waals surface area contributed by atoms with Gasteiger partial charge in [-0.05, 0) is 31.0 Å². The summed E-state index contributed by atoms with van der Waals surface area (Å²) >= 11 is 0. The first kappa shape index (κ1) is 9.58. The highest BCUT2D eigenvalue weighted by atomic mass is 16.4. The molecule has 0 aliphatic rings. The van der Waals surface area contributed by atoms with E-state index in [1.54, 1.807) is 13.1 Å². The average molecular weight is 179 g/mol. The molecule has 0 fully saturated rings. The van der Waals surface area contributed by atoms with E-state index in [9.17, 15) is 4.79 Å². The molecule has 1 aromatic rings. The summed E-state index contributed by atoms with van der Waals surface area (Å²) in [5.74, 6) is -0.881. The Morgan fingerprint density at radius 3 is 2.46 bits per heavy atom. The fourth-order valence-corrected chi connectivity index (χ4v) is 1.46. The van der Waals surface area contributed by atoms with Gasteiger partial charge in [0.25, 0.3) is 0 Å². The van der Waals surface area contributed by atoms with Crippen LogP contribution in [0.3, 0.4) is 0 Å². The van der Waals surface area contributed by atoms with E-state index in [2.05, 4.69) is 5.32 Å². The molecule has 70 valence electrons. The van der Waals surface area contributed by atoms with E-state index in [1.165, 1.54) is 0 Å². The van der Waals surface area contributed by atoms with E-state index in [-0.39, 0.29) is 0 Å². The molecule has 0 saturated carbocycles. The number of benzene rings is 1. The Morgan fingerprint density at radius 1 is 1.38 bits per heavy atom. The van der Waals surface area contributed by atoms with E-state index < -0.39 is 5.97 Å². The van der Waals surface area contributed by atoms with Crippen molar-refractivity contribution in [2.75, 3.05) is 12.4 Å². The van der Waals surface area contributed by atoms with Gasteiger partial charge in [-0.15, -0.1) is 0 Å². The van der Waals surface area contributed by atoms with Crippen molar-refractivity contribution in [3.8, 4) is 0 Å². The standard InChI is InChI=1S/C10H13NO2/c1-6-4-5-8(10(12)13)7(2)9(6)11-3/h4-5,11H,1-3H3,(H,12,13). The Labute approximate surface area is 77.4 Å². The maximum absolute atomic E-state index is 10.8. The highest BCUT2D eigenvalue weighted by molar-refractivity contribution is 5.91. The molecule has 0 spiro atoms. The van der Waals surface area contributed by atoms with Crippen molar-refractivity contribution in [3.05, 3.63) is 28.8 Å². The van der Waals surface area contributed by atoms with E-state index in [1.807, 2.05) is 19.9 Å². The van der Waals surface area contributed by atoms with Crippen molar-refractivity contribution in [1.29, 1.82) is 0 Å². The maximum atomic E-state index is 10.8. The molecule has 1 aromatic carbocycles. The van der Waals surface area contributed by atoms with Gasteiger partial charge in [-0.2, -0.15) is 0 Å². The van der Waals surface area contributed by atoms with Crippen molar-refractivity contribution in [1.82, 2.24) is 0 Å². The van der Waals surface area contributed by atoms with Crippen molar-refractivity contribution in [2.45, 2.75) is 13.8 Å². The van der Waals surface area contributed by atoms with Gasteiger partial charge < -0.3 is 10.4 Å². The molecule has 0 bridgehead atoms. The van der Waals surface area contributed by atoms with Crippen LogP contribution >= 0.6 is 0 Å². The number of hydrogen-bond acceptors (Lipinski definition) is 2. The van der Waals surface area contributed by atoms with Crippen LogP contribution in [0.4, 0.5) is 5.69 Å². The Kier molecular flexibility index (Phi) is 2.56. The Bertz CT molecular complexity index is 345. The van der Waals surface area contributed by atoms with E-state index >= 15 is 0 Å². The average Bonchev–Trinajstić information content (AvgIpc) is 2.04. The zero-order valence-corrected chi connectivity index (χ0v) is 8.01. The Morgan fingerprint density at radius 2 is 2.00 bits per heavy atom. The third-order valence-electron chi connectivity index (χ3n) is 2.15. The summed E-state index contributed by atoms with van der Waals surface area (Å²) in [7, 11) is 1.79. The summed E-state index contributed by atoms with van der Waals surface area (Å²) in [4.78, 5) is 10.8. The monoisotopic (exact) mass is 179 g/mol. The maximum Gasteiger partial charge on any atom is 0.336 e. The van der Waals surface area contributed by atoms with Gasteiger partial charge in [0.1, 0.15) is 0 Å². The molecule has 0 aliphatic carbocycles. The second-order valence-corrected chi connectivity index (χ2v) is 2.99. The zero-order chi connectivity index (χ0) is 10.0. The molecule has 0 saturated heterocycles. The lowest BCUT2D eigenvalue weighted by atomic mass is 10.0. The van der Waals surface area contributed by atoms with Gasteiger partial charge in [-0.3, -0.25) is 0 Å². The Balaban J connectivity index is 3.35. The van der Waals surface area contributed by atoms with Crippen LogP contribution in [-0.4, -0.2) is 18.1 Å². The highest BCUT2D eigenvalue weighted by Gasteiger charge is 2.10. The summed E-state index contributed by atoms with van der Waals surface area (Å²) in [6.45, 7) is 3.76. The third-order valence-corrected chi connectivity index (χ3v) is 2.15. The lowest BCUT2D eigenvalue weighted by Crippen LogP contribution is -2.04. The SMILES string of the molecule is CNc1c(C)ccc(C(=O)O)c1C. The van der Waals surface area contributed by atoms with Crippen LogP contribution in [0.5, 0.6) is 0 Å². The van der Waals surface area contributed by atoms with Crippen LogP contribution in [0.2, 0.25) is 0 Å². The van der Waals surface area contributed by atoms with Crippen LogP contribution in [0, 0.1) is 13.8 Å². The molecule has 3 heteroatoms. The molecular weight excluding hydrogens is 166 g/mol. The van der Waals surface area contributed by atoms with Gasteiger partial charge in [0.2, 0.25) is 0 Å². The van der Waals surface area contributed by atoms with Crippen LogP contribution in [0.1, 0.15) is 21.5 Å². The van der Waals surface area contributed by atoms with Gasteiger partial charge in [0, 0.05) is 12.7 Å². The summed E-state index contributed by atoms with van der Waals surface area (Å²) in [5, 5.41) is 11.8. The molecule has 1 rings (SSSR count). The van der Waals surface area contributed by atoms with E-state index in [0.29, 0.717) is 5.56 Å². The first-order valence-corrected chi connectivity index (χ1v) is 4.09. The van der Waals surface area contributed by atoms with Gasteiger partial charge >= 0.3 is 5.97 Å². The first-order valence-electron chi connectivity index (χ1n) is 4.09. The molecule has 0 heterocycles. The molecule has 0 atom stereocenters. The summed E-state index contributed by atoms with van der Waals surface area (Å²) < 4.78 is 0. The number of rotatable bonds is 2. The minimum atomic E-state index is -0.881. The minimum absolute atomic E-state index is 0.356. The number of nitrogens with one attached hydrogen (secondary N) is 1. The van der Waals surface area contributed by atoms with Gasteiger partial charge in [-0.25, -0.2) is 4.79 Å². The number of aryl methyl sites for hydroxylation is 1. The minimum Gasteiger partial charge on any atom is -0.478 e. The van der Waals surface area contributed by atoms with E-state index in [4.69, 9.17) is 5.11 Å². The molecule has 0 amide bonds. The lowest BCUT2D eigenvalue weighted by Gasteiger charge is -2.10. The van der Waals surface area contributed by atoms with Gasteiger partial charge in [0.05, 0.1) is 5.56 Å². The van der Waals surface area contributed by atoms with Crippen LogP contribution in [0.15, 0.2) is 12.1 Å². The number of hydrogen-bond donors (Lipinski definition) is 2. The predicted molar refractivity (Wildman–Crippen MR) is 52.4 cm³/mol. The van der Waals surface area contributed by atoms with E-state index in [0.717, 1.165) is 16.8 Å². The summed E-state index contributed by atoms with van der Waals surface area (Å²) in [5.41, 5.74) is 3.11. The smallest absolute Gasteiger partial charge is 0.336 e. The van der Waals surface area contributed by atoms with Crippen LogP contribution in [-0.2, 0) is 0 Å². The zero-order valence-electron chi connectivity index (χ0n) is 8.01. The number of anilines is 1. The molecule has 0 aromatic heterocycles. The van der Waals surface area contributed by atoms with Crippen LogP contribution < -0.4 is 5.32 Å². The van der Waals surface area contributed by atoms with Crippen molar-refractivity contribution in [2.24, 2.45) is 0 Å². The largest absolute Gasteiger partial charge is 0.478 e. The Hall–Kier alpha value is -1.51. The topological polar surface area (TPSA) is 49.3 Å². The molecular formula is C10H13NO2. The summed E-state index contributed by atoms with van der Waals surface area (Å²) in [6.07, 6.45) is 0. The normalized spacial score (nSPS) is 9.77. The number of carbonyl (C=O) groups is 1. The molecule has 0 aliphatic heterocycles. The molecule has 3 nitrogen and oxygen atoms in total. The quantitative estimate of drug-likeness (QED) is 0.730. The summed E-state index contributed by atoms with van der Waals surface area (Å²) in [6, 6.07) is 3.44. The molecule has 2 N–H and O–H groups in total. The van der Waals surface area contributed by atoms with Crippen LogP contribution in [0.25, 0.3) is 0 Å². The van der Waals surface area contributed by atoms with Gasteiger partial charge in [-0.1, -0.05) is 6.07 Å².